The molecule has 1 aliphatic heterocycles. The first kappa shape index (κ1) is 20.7. The number of aromatic nitrogens is 1. The van der Waals surface area contributed by atoms with Crippen LogP contribution in [0.3, 0.4) is 0 Å². The Morgan fingerprint density at radius 1 is 1.24 bits per heavy atom. The van der Waals surface area contributed by atoms with E-state index in [1.807, 2.05) is 24.3 Å². The Morgan fingerprint density at radius 2 is 1.93 bits per heavy atom. The summed E-state index contributed by atoms with van der Waals surface area (Å²) in [5.74, 6) is 1.69. The highest BCUT2D eigenvalue weighted by molar-refractivity contribution is 5.89. The molecule has 0 unspecified atom stereocenters. The van der Waals surface area contributed by atoms with E-state index in [1.165, 1.54) is 0 Å². The fourth-order valence-electron chi connectivity index (χ4n) is 3.16. The van der Waals surface area contributed by atoms with E-state index in [0.29, 0.717) is 44.1 Å². The number of hydrogen-bond acceptors (Lipinski definition) is 5. The second-order valence-corrected chi connectivity index (χ2v) is 7.36. The maximum Gasteiger partial charge on any atom is 0.409 e. The van der Waals surface area contributed by atoms with Crippen molar-refractivity contribution in [2.24, 2.45) is 0 Å². The first-order valence-corrected chi connectivity index (χ1v) is 10.0. The first-order valence-electron chi connectivity index (χ1n) is 10.0. The van der Waals surface area contributed by atoms with Gasteiger partial charge in [0.2, 0.25) is 5.89 Å². The van der Waals surface area contributed by atoms with Crippen molar-refractivity contribution >= 4 is 17.8 Å². The standard InChI is InChI=1S/C21H28N4O4/c1-4-28-21(27)25-11-9-17(10-12-25)24-20(26)23-16-7-5-15(6-8-16)19-22-13-18(29-19)14(2)3/h5-8,13-14,17H,4,9-12H2,1-3H3,(H2,23,24,26). The Morgan fingerprint density at radius 3 is 2.52 bits per heavy atom. The minimum absolute atomic E-state index is 0.0294. The smallest absolute Gasteiger partial charge is 0.409 e. The van der Waals surface area contributed by atoms with Crippen LogP contribution in [0.5, 0.6) is 0 Å². The zero-order chi connectivity index (χ0) is 20.8. The summed E-state index contributed by atoms with van der Waals surface area (Å²) in [5.41, 5.74) is 1.54. The third-order valence-electron chi connectivity index (χ3n) is 4.84. The first-order chi connectivity index (χ1) is 14.0. The van der Waals surface area contributed by atoms with Crippen LogP contribution < -0.4 is 10.6 Å². The summed E-state index contributed by atoms with van der Waals surface area (Å²) in [6.07, 6.45) is 2.86. The molecule has 156 valence electrons. The molecule has 0 bridgehead atoms. The predicted octanol–water partition coefficient (Wildman–Crippen LogP) is 4.21. The number of oxazole rings is 1. The lowest BCUT2D eigenvalue weighted by atomic mass is 10.1. The number of carbonyl (C=O) groups excluding carboxylic acids is 2. The average Bonchev–Trinajstić information content (AvgIpc) is 3.20. The van der Waals surface area contributed by atoms with Gasteiger partial charge in [-0.3, -0.25) is 0 Å². The fourth-order valence-corrected chi connectivity index (χ4v) is 3.16. The van der Waals surface area contributed by atoms with E-state index in [2.05, 4.69) is 29.5 Å². The third-order valence-corrected chi connectivity index (χ3v) is 4.84. The van der Waals surface area contributed by atoms with Crippen LogP contribution in [0.1, 0.15) is 45.3 Å². The molecular formula is C21H28N4O4. The summed E-state index contributed by atoms with van der Waals surface area (Å²) < 4.78 is 10.8. The van der Waals surface area contributed by atoms with Gasteiger partial charge in [-0.1, -0.05) is 13.8 Å². The number of likely N-dealkylation sites (tertiary alicyclic amines) is 1. The number of amides is 3. The Labute approximate surface area is 170 Å². The van der Waals surface area contributed by atoms with Crippen LogP contribution >= 0.6 is 0 Å². The van der Waals surface area contributed by atoms with Gasteiger partial charge in [0.15, 0.2) is 0 Å². The molecule has 1 aromatic heterocycles. The van der Waals surface area contributed by atoms with Crippen molar-refractivity contribution in [3.8, 4) is 11.5 Å². The number of anilines is 1. The van der Waals surface area contributed by atoms with Gasteiger partial charge in [-0.15, -0.1) is 0 Å². The summed E-state index contributed by atoms with van der Waals surface area (Å²) in [4.78, 5) is 30.0. The van der Waals surface area contributed by atoms with E-state index >= 15 is 0 Å². The number of piperidine rings is 1. The van der Waals surface area contributed by atoms with Gasteiger partial charge in [-0.25, -0.2) is 14.6 Å². The van der Waals surface area contributed by atoms with Gasteiger partial charge in [-0.2, -0.15) is 0 Å². The van der Waals surface area contributed by atoms with E-state index < -0.39 is 0 Å². The number of rotatable bonds is 5. The highest BCUT2D eigenvalue weighted by Gasteiger charge is 2.24. The molecule has 1 aliphatic rings. The van der Waals surface area contributed by atoms with Gasteiger partial charge in [0, 0.05) is 36.3 Å². The molecule has 0 radical (unpaired) electrons. The van der Waals surface area contributed by atoms with Gasteiger partial charge in [0.25, 0.3) is 0 Å². The van der Waals surface area contributed by atoms with Crippen LogP contribution in [-0.4, -0.2) is 47.7 Å². The molecule has 0 saturated carbocycles. The van der Waals surface area contributed by atoms with E-state index in [1.54, 1.807) is 18.0 Å². The Bertz CT molecular complexity index is 823. The number of benzene rings is 1. The van der Waals surface area contributed by atoms with Gasteiger partial charge in [0.1, 0.15) is 5.76 Å². The zero-order valence-corrected chi connectivity index (χ0v) is 17.1. The number of hydrogen-bond donors (Lipinski definition) is 2. The summed E-state index contributed by atoms with van der Waals surface area (Å²) in [6, 6.07) is 7.13. The molecule has 2 heterocycles. The van der Waals surface area contributed by atoms with E-state index in [-0.39, 0.29) is 24.1 Å². The monoisotopic (exact) mass is 400 g/mol. The van der Waals surface area contributed by atoms with E-state index in [4.69, 9.17) is 9.15 Å². The van der Waals surface area contributed by atoms with Crippen molar-refractivity contribution in [3.63, 3.8) is 0 Å². The maximum atomic E-state index is 12.3. The lowest BCUT2D eigenvalue weighted by molar-refractivity contribution is 0.0959. The van der Waals surface area contributed by atoms with Gasteiger partial charge in [0.05, 0.1) is 12.8 Å². The molecule has 0 atom stereocenters. The molecule has 2 aromatic rings. The lowest BCUT2D eigenvalue weighted by Gasteiger charge is -2.31. The van der Waals surface area contributed by atoms with Crippen molar-refractivity contribution in [1.29, 1.82) is 0 Å². The van der Waals surface area contributed by atoms with Crippen LogP contribution in [0.4, 0.5) is 15.3 Å². The minimum Gasteiger partial charge on any atom is -0.450 e. The summed E-state index contributed by atoms with van der Waals surface area (Å²) in [6.45, 7) is 7.41. The number of nitrogens with zero attached hydrogens (tertiary/aromatic N) is 2. The van der Waals surface area contributed by atoms with Crippen molar-refractivity contribution < 1.29 is 18.7 Å². The Hall–Kier alpha value is -3.03. The largest absolute Gasteiger partial charge is 0.450 e. The van der Waals surface area contributed by atoms with E-state index in [9.17, 15) is 9.59 Å². The molecule has 0 aliphatic carbocycles. The summed E-state index contributed by atoms with van der Waals surface area (Å²) in [5, 5.41) is 5.80. The summed E-state index contributed by atoms with van der Waals surface area (Å²) in [7, 11) is 0. The predicted molar refractivity (Wildman–Crippen MR) is 110 cm³/mol. The van der Waals surface area contributed by atoms with Crippen LogP contribution in [0.25, 0.3) is 11.5 Å². The molecule has 1 aromatic carbocycles. The molecule has 0 spiro atoms. The molecule has 3 amide bonds. The quantitative estimate of drug-likeness (QED) is 0.784. The number of ether oxygens (including phenoxy) is 1. The second-order valence-electron chi connectivity index (χ2n) is 7.36. The molecule has 3 rings (SSSR count). The van der Waals surface area contributed by atoms with Crippen LogP contribution in [0.2, 0.25) is 0 Å². The number of urea groups is 1. The van der Waals surface area contributed by atoms with Crippen LogP contribution in [-0.2, 0) is 4.74 Å². The zero-order valence-electron chi connectivity index (χ0n) is 17.1. The number of carbonyl (C=O) groups is 2. The highest BCUT2D eigenvalue weighted by atomic mass is 16.6. The molecule has 1 saturated heterocycles. The van der Waals surface area contributed by atoms with Crippen LogP contribution in [0.15, 0.2) is 34.9 Å². The number of nitrogens with one attached hydrogen (secondary N) is 2. The molecule has 8 nitrogen and oxygen atoms in total. The average molecular weight is 400 g/mol. The molecule has 29 heavy (non-hydrogen) atoms. The highest BCUT2D eigenvalue weighted by Crippen LogP contribution is 2.24. The van der Waals surface area contributed by atoms with Crippen molar-refractivity contribution in [2.45, 2.75) is 45.6 Å². The Balaban J connectivity index is 1.48. The SMILES string of the molecule is CCOC(=O)N1CCC(NC(=O)Nc2ccc(-c3ncc(C(C)C)o3)cc2)CC1. The molecule has 1 fully saturated rings. The molecule has 8 heteroatoms. The van der Waals surface area contributed by atoms with E-state index in [0.717, 1.165) is 11.3 Å². The topological polar surface area (TPSA) is 96.7 Å². The minimum atomic E-state index is -0.290. The van der Waals surface area contributed by atoms with Gasteiger partial charge in [-0.05, 0) is 44.0 Å². The maximum absolute atomic E-state index is 12.3. The third kappa shape index (κ3) is 5.49. The van der Waals surface area contributed by atoms with Crippen molar-refractivity contribution in [1.82, 2.24) is 15.2 Å². The summed E-state index contributed by atoms with van der Waals surface area (Å²) >= 11 is 0. The lowest BCUT2D eigenvalue weighted by Crippen LogP contribution is -2.47. The van der Waals surface area contributed by atoms with Gasteiger partial charge < -0.3 is 24.7 Å². The van der Waals surface area contributed by atoms with Crippen molar-refractivity contribution in [3.05, 3.63) is 36.2 Å². The molecular weight excluding hydrogens is 372 g/mol. The molecule has 2 N–H and O–H groups in total. The van der Waals surface area contributed by atoms with Gasteiger partial charge >= 0.3 is 12.1 Å². The fraction of sp³-hybridized carbons (Fsp3) is 0.476. The van der Waals surface area contributed by atoms with Crippen LogP contribution in [0, 0.1) is 0 Å². The normalized spacial score (nSPS) is 14.7. The Kier molecular flexibility index (Phi) is 6.74. The second kappa shape index (κ2) is 9.45. The van der Waals surface area contributed by atoms with Crippen molar-refractivity contribution in [2.75, 3.05) is 25.0 Å².